The molecule has 3 aromatic rings. The highest BCUT2D eigenvalue weighted by Crippen LogP contribution is 2.24. The summed E-state index contributed by atoms with van der Waals surface area (Å²) in [6.07, 6.45) is 2.15. The number of hydrogen-bond donors (Lipinski definition) is 2. The first-order chi connectivity index (χ1) is 9.38. The number of aromatic nitrogens is 2. The van der Waals surface area contributed by atoms with Gasteiger partial charge in [-0.15, -0.1) is 0 Å². The third-order valence-corrected chi connectivity index (χ3v) is 3.78. The third-order valence-electron chi connectivity index (χ3n) is 3.78. The molecule has 0 aliphatic heterocycles. The van der Waals surface area contributed by atoms with Crippen molar-refractivity contribution in [2.24, 2.45) is 0 Å². The SMILES string of the molecule is c1ccc2c(c1)CC(Nc1nc3ccccc3[nH]1)C2. The van der Waals surface area contributed by atoms with E-state index in [1.54, 1.807) is 0 Å². The maximum Gasteiger partial charge on any atom is 0.201 e. The molecule has 1 aliphatic rings. The van der Waals surface area contributed by atoms with E-state index in [4.69, 9.17) is 0 Å². The fourth-order valence-corrected chi connectivity index (χ4v) is 2.88. The molecule has 0 unspecified atom stereocenters. The lowest BCUT2D eigenvalue weighted by Crippen LogP contribution is -2.20. The summed E-state index contributed by atoms with van der Waals surface area (Å²) in [6.45, 7) is 0. The van der Waals surface area contributed by atoms with Gasteiger partial charge < -0.3 is 10.3 Å². The van der Waals surface area contributed by atoms with Crippen molar-refractivity contribution in [2.75, 3.05) is 5.32 Å². The number of H-pyrrole nitrogens is 1. The first kappa shape index (κ1) is 10.6. The minimum absolute atomic E-state index is 0.443. The van der Waals surface area contributed by atoms with Crippen molar-refractivity contribution in [1.82, 2.24) is 9.97 Å². The van der Waals surface area contributed by atoms with E-state index < -0.39 is 0 Å². The first-order valence-corrected chi connectivity index (χ1v) is 6.66. The van der Waals surface area contributed by atoms with Gasteiger partial charge in [-0.05, 0) is 36.1 Å². The molecule has 0 saturated carbocycles. The number of imidazole rings is 1. The van der Waals surface area contributed by atoms with Crippen LogP contribution in [0, 0.1) is 0 Å². The highest BCUT2D eigenvalue weighted by atomic mass is 15.1. The van der Waals surface area contributed by atoms with Crippen molar-refractivity contribution in [2.45, 2.75) is 18.9 Å². The summed E-state index contributed by atoms with van der Waals surface area (Å²) in [7, 11) is 0. The average Bonchev–Trinajstić information content (AvgIpc) is 3.00. The third kappa shape index (κ3) is 1.87. The smallest absolute Gasteiger partial charge is 0.201 e. The molecular formula is C16H15N3. The van der Waals surface area contributed by atoms with Crippen LogP contribution in [0.4, 0.5) is 5.95 Å². The van der Waals surface area contributed by atoms with Crippen molar-refractivity contribution in [3.05, 3.63) is 59.7 Å². The lowest BCUT2D eigenvalue weighted by molar-refractivity contribution is 0.765. The summed E-state index contributed by atoms with van der Waals surface area (Å²) in [5.41, 5.74) is 5.01. The van der Waals surface area contributed by atoms with Gasteiger partial charge in [-0.3, -0.25) is 0 Å². The largest absolute Gasteiger partial charge is 0.352 e. The van der Waals surface area contributed by atoms with Gasteiger partial charge in [-0.25, -0.2) is 4.98 Å². The summed E-state index contributed by atoms with van der Waals surface area (Å²) in [4.78, 5) is 7.90. The Morgan fingerprint density at radius 3 is 2.37 bits per heavy atom. The Morgan fingerprint density at radius 2 is 1.63 bits per heavy atom. The van der Waals surface area contributed by atoms with E-state index in [1.165, 1.54) is 11.1 Å². The second kappa shape index (κ2) is 4.12. The Labute approximate surface area is 111 Å². The first-order valence-electron chi connectivity index (χ1n) is 6.66. The molecule has 19 heavy (non-hydrogen) atoms. The van der Waals surface area contributed by atoms with Crippen molar-refractivity contribution < 1.29 is 0 Å². The van der Waals surface area contributed by atoms with Crippen LogP contribution in [0.3, 0.4) is 0 Å². The van der Waals surface area contributed by atoms with E-state index in [1.807, 2.05) is 18.2 Å². The molecule has 4 rings (SSSR count). The molecule has 0 fully saturated rings. The molecule has 2 aromatic carbocycles. The second-order valence-electron chi connectivity index (χ2n) is 5.12. The number of hydrogen-bond acceptors (Lipinski definition) is 2. The molecule has 0 bridgehead atoms. The van der Waals surface area contributed by atoms with Crippen LogP contribution in [-0.4, -0.2) is 16.0 Å². The standard InChI is InChI=1S/C16H15N3/c1-2-6-12-10-13(9-11(12)5-1)17-16-18-14-7-3-4-8-15(14)19-16/h1-8,13H,9-10H2,(H2,17,18,19). The lowest BCUT2D eigenvalue weighted by atomic mass is 10.1. The van der Waals surface area contributed by atoms with Gasteiger partial charge in [0, 0.05) is 6.04 Å². The van der Waals surface area contributed by atoms with E-state index in [0.29, 0.717) is 6.04 Å². The van der Waals surface area contributed by atoms with Crippen LogP contribution in [0.15, 0.2) is 48.5 Å². The summed E-state index contributed by atoms with van der Waals surface area (Å²) < 4.78 is 0. The fraction of sp³-hybridized carbons (Fsp3) is 0.188. The Balaban J connectivity index is 1.57. The maximum atomic E-state index is 4.57. The average molecular weight is 249 g/mol. The van der Waals surface area contributed by atoms with E-state index in [2.05, 4.69) is 45.6 Å². The molecule has 0 spiro atoms. The van der Waals surface area contributed by atoms with E-state index in [0.717, 1.165) is 29.8 Å². The van der Waals surface area contributed by atoms with Crippen LogP contribution in [0.5, 0.6) is 0 Å². The molecule has 0 atom stereocenters. The van der Waals surface area contributed by atoms with Crippen molar-refractivity contribution in [1.29, 1.82) is 0 Å². The number of benzene rings is 2. The van der Waals surface area contributed by atoms with Gasteiger partial charge in [0.2, 0.25) is 5.95 Å². The molecule has 1 aliphatic carbocycles. The van der Waals surface area contributed by atoms with E-state index in [-0.39, 0.29) is 0 Å². The van der Waals surface area contributed by atoms with Crippen molar-refractivity contribution >= 4 is 17.0 Å². The predicted molar refractivity (Wildman–Crippen MR) is 77.4 cm³/mol. The molecule has 2 N–H and O–H groups in total. The van der Waals surface area contributed by atoms with Crippen LogP contribution in [0.1, 0.15) is 11.1 Å². The van der Waals surface area contributed by atoms with Crippen LogP contribution in [-0.2, 0) is 12.8 Å². The van der Waals surface area contributed by atoms with Crippen LogP contribution in [0.25, 0.3) is 11.0 Å². The molecule has 0 radical (unpaired) electrons. The predicted octanol–water partition coefficient (Wildman–Crippen LogP) is 3.14. The number of rotatable bonds is 2. The normalized spacial score (nSPS) is 14.7. The lowest BCUT2D eigenvalue weighted by Gasteiger charge is -2.09. The molecule has 3 heteroatoms. The number of fused-ring (bicyclic) bond motifs is 2. The molecular weight excluding hydrogens is 234 g/mol. The monoisotopic (exact) mass is 249 g/mol. The van der Waals surface area contributed by atoms with Crippen LogP contribution in [0.2, 0.25) is 0 Å². The minimum atomic E-state index is 0.443. The molecule has 1 aromatic heterocycles. The number of nitrogens with zero attached hydrogens (tertiary/aromatic N) is 1. The number of nitrogens with one attached hydrogen (secondary N) is 2. The Kier molecular flexibility index (Phi) is 2.30. The summed E-state index contributed by atoms with van der Waals surface area (Å²) in [5, 5.41) is 3.51. The Hall–Kier alpha value is -2.29. The molecule has 0 saturated heterocycles. The summed E-state index contributed by atoms with van der Waals surface area (Å²) in [5.74, 6) is 0.874. The highest BCUT2D eigenvalue weighted by molar-refractivity contribution is 5.77. The van der Waals surface area contributed by atoms with Gasteiger partial charge in [-0.1, -0.05) is 36.4 Å². The number of para-hydroxylation sites is 2. The van der Waals surface area contributed by atoms with Gasteiger partial charge in [0.25, 0.3) is 0 Å². The fourth-order valence-electron chi connectivity index (χ4n) is 2.88. The molecule has 94 valence electrons. The molecule has 3 nitrogen and oxygen atoms in total. The zero-order valence-corrected chi connectivity index (χ0v) is 10.6. The maximum absolute atomic E-state index is 4.57. The van der Waals surface area contributed by atoms with E-state index >= 15 is 0 Å². The zero-order chi connectivity index (χ0) is 12.7. The van der Waals surface area contributed by atoms with Crippen molar-refractivity contribution in [3.8, 4) is 0 Å². The second-order valence-corrected chi connectivity index (χ2v) is 5.12. The zero-order valence-electron chi connectivity index (χ0n) is 10.6. The van der Waals surface area contributed by atoms with Gasteiger partial charge in [0.05, 0.1) is 11.0 Å². The van der Waals surface area contributed by atoms with Crippen molar-refractivity contribution in [3.63, 3.8) is 0 Å². The summed E-state index contributed by atoms with van der Waals surface area (Å²) >= 11 is 0. The van der Waals surface area contributed by atoms with E-state index in [9.17, 15) is 0 Å². The van der Waals surface area contributed by atoms with Crippen LogP contribution >= 0.6 is 0 Å². The van der Waals surface area contributed by atoms with Gasteiger partial charge in [0.15, 0.2) is 0 Å². The van der Waals surface area contributed by atoms with Crippen LogP contribution < -0.4 is 5.32 Å². The minimum Gasteiger partial charge on any atom is -0.352 e. The summed E-state index contributed by atoms with van der Waals surface area (Å²) in [6, 6.07) is 17.2. The topological polar surface area (TPSA) is 40.7 Å². The number of aromatic amines is 1. The Bertz CT molecular complexity index is 671. The van der Waals surface area contributed by atoms with Gasteiger partial charge in [-0.2, -0.15) is 0 Å². The van der Waals surface area contributed by atoms with Gasteiger partial charge >= 0.3 is 0 Å². The van der Waals surface area contributed by atoms with Gasteiger partial charge in [0.1, 0.15) is 0 Å². The number of anilines is 1. The highest BCUT2D eigenvalue weighted by Gasteiger charge is 2.21. The molecule has 0 amide bonds. The molecule has 1 heterocycles. The Morgan fingerprint density at radius 1 is 0.947 bits per heavy atom. The quantitative estimate of drug-likeness (QED) is 0.732.